The van der Waals surface area contributed by atoms with Crippen molar-refractivity contribution in [3.8, 4) is 0 Å². The van der Waals surface area contributed by atoms with Gasteiger partial charge < -0.3 is 5.32 Å². The molecule has 1 fully saturated rings. The van der Waals surface area contributed by atoms with Crippen LogP contribution < -0.4 is 21.1 Å². The van der Waals surface area contributed by atoms with E-state index in [4.69, 9.17) is 0 Å². The monoisotopic (exact) mass is 701 g/mol. The molecule has 54 heavy (non-hydrogen) atoms. The highest BCUT2D eigenvalue weighted by atomic mass is 15.5. The van der Waals surface area contributed by atoms with E-state index < -0.39 is 0 Å². The van der Waals surface area contributed by atoms with Crippen molar-refractivity contribution in [1.82, 2.24) is 10.2 Å². The Balaban J connectivity index is 0.937. The van der Waals surface area contributed by atoms with Crippen LogP contribution in [0.5, 0.6) is 0 Å². The molecule has 0 spiro atoms. The minimum Gasteiger partial charge on any atom is -0.374 e. The predicted octanol–water partition coefficient (Wildman–Crippen LogP) is 10.0. The number of anilines is 1. The molecule has 3 heteroatoms. The smallest absolute Gasteiger partial charge is 0.0890 e. The van der Waals surface area contributed by atoms with Crippen LogP contribution in [0.2, 0.25) is 0 Å². The molecule has 0 bridgehead atoms. The molecule has 10 rings (SSSR count). The summed E-state index contributed by atoms with van der Waals surface area (Å²) >= 11 is 0. The van der Waals surface area contributed by atoms with Gasteiger partial charge in [-0.15, -0.1) is 0 Å². The molecule has 266 valence electrons. The standard InChI is InChI=1S/C51H47N3/c1-5-14-35(15-6-1)36-24-26-39(27-25-36)50-53-51(54(50)44-22-11-4-12-23-44)43-21-13-20-40(33-43)41-28-30-45-42(32-41)29-31-47-49(45)46(37-16-7-2-8-17-37)34-48(52-47)38-18-9-3-10-19-38/h1-22,24,29-34,39,41,44,48,50-53H,23,25-28H2. The fourth-order valence-electron chi connectivity index (χ4n) is 9.59. The molecule has 0 radical (unpaired) electrons. The lowest BCUT2D eigenvalue weighted by atomic mass is 9.81. The highest BCUT2D eigenvalue weighted by Gasteiger charge is 2.46. The van der Waals surface area contributed by atoms with Gasteiger partial charge in [0.25, 0.3) is 0 Å². The van der Waals surface area contributed by atoms with E-state index in [0.29, 0.717) is 24.0 Å². The van der Waals surface area contributed by atoms with Gasteiger partial charge in [0.15, 0.2) is 0 Å². The van der Waals surface area contributed by atoms with E-state index in [-0.39, 0.29) is 12.2 Å². The van der Waals surface area contributed by atoms with Gasteiger partial charge in [-0.1, -0.05) is 164 Å². The van der Waals surface area contributed by atoms with Gasteiger partial charge >= 0.3 is 0 Å². The Morgan fingerprint density at radius 3 is 2.15 bits per heavy atom. The molecule has 0 aromatic heterocycles. The van der Waals surface area contributed by atoms with Crippen LogP contribution in [0.1, 0.15) is 83.6 Å². The van der Waals surface area contributed by atoms with E-state index in [1.165, 1.54) is 67.1 Å². The van der Waals surface area contributed by atoms with Crippen LogP contribution in [0, 0.1) is 5.92 Å². The maximum Gasteiger partial charge on any atom is 0.0890 e. The predicted molar refractivity (Wildman–Crippen MR) is 225 cm³/mol. The van der Waals surface area contributed by atoms with Gasteiger partial charge in [-0.3, -0.25) is 10.2 Å². The van der Waals surface area contributed by atoms with E-state index >= 15 is 0 Å². The molecular weight excluding hydrogens is 655 g/mol. The van der Waals surface area contributed by atoms with Gasteiger partial charge in [-0.2, -0.15) is 0 Å². The number of allylic oxidation sites excluding steroid dienone is 4. The summed E-state index contributed by atoms with van der Waals surface area (Å²) in [4.78, 5) is 2.77. The lowest BCUT2D eigenvalue weighted by Crippen LogP contribution is -2.69. The molecule has 6 unspecified atom stereocenters. The fraction of sp³-hybridized carbons (Fsp3) is 0.216. The van der Waals surface area contributed by atoms with Crippen molar-refractivity contribution < 1.29 is 0 Å². The van der Waals surface area contributed by atoms with Crippen LogP contribution in [0.3, 0.4) is 0 Å². The molecule has 5 aliphatic rings. The van der Waals surface area contributed by atoms with E-state index in [1.807, 2.05) is 0 Å². The van der Waals surface area contributed by atoms with Crippen molar-refractivity contribution in [2.24, 2.45) is 5.92 Å². The summed E-state index contributed by atoms with van der Waals surface area (Å²) in [7, 11) is 0. The number of fused-ring (bicyclic) bond motifs is 3. The topological polar surface area (TPSA) is 27.3 Å². The van der Waals surface area contributed by atoms with Crippen LogP contribution >= 0.6 is 0 Å². The summed E-state index contributed by atoms with van der Waals surface area (Å²) in [6, 6.07) is 47.2. The second-order valence-corrected chi connectivity index (χ2v) is 15.6. The largest absolute Gasteiger partial charge is 0.374 e. The number of hydrogen-bond donors (Lipinski definition) is 2. The first-order valence-electron chi connectivity index (χ1n) is 19.9. The van der Waals surface area contributed by atoms with Crippen molar-refractivity contribution >= 4 is 29.0 Å². The highest BCUT2D eigenvalue weighted by molar-refractivity contribution is 5.90. The Bertz CT molecular complexity index is 2410. The average molecular weight is 702 g/mol. The van der Waals surface area contributed by atoms with Crippen molar-refractivity contribution in [2.75, 3.05) is 5.32 Å². The molecule has 0 saturated carbocycles. The van der Waals surface area contributed by atoms with Gasteiger partial charge in [0.1, 0.15) is 0 Å². The second-order valence-electron chi connectivity index (χ2n) is 15.6. The van der Waals surface area contributed by atoms with Crippen LogP contribution in [0.15, 0.2) is 164 Å². The van der Waals surface area contributed by atoms with Crippen LogP contribution in [-0.2, 0) is 0 Å². The van der Waals surface area contributed by atoms with E-state index in [1.54, 1.807) is 0 Å². The lowest BCUT2D eigenvalue weighted by Gasteiger charge is -2.56. The Morgan fingerprint density at radius 2 is 1.39 bits per heavy atom. The van der Waals surface area contributed by atoms with Gasteiger partial charge in [0, 0.05) is 23.2 Å². The summed E-state index contributed by atoms with van der Waals surface area (Å²) in [6.07, 6.45) is 25.2. The van der Waals surface area contributed by atoms with Crippen molar-refractivity contribution in [3.05, 3.63) is 208 Å². The third-order valence-electron chi connectivity index (χ3n) is 12.4. The first-order valence-corrected chi connectivity index (χ1v) is 19.9. The normalized spacial score (nSPS) is 25.8. The number of nitrogens with one attached hydrogen (secondary N) is 2. The summed E-state index contributed by atoms with van der Waals surface area (Å²) in [5.41, 5.74) is 12.0. The first kappa shape index (κ1) is 33.1. The zero-order chi connectivity index (χ0) is 35.8. The summed E-state index contributed by atoms with van der Waals surface area (Å²) in [5, 5.41) is 10.6. The number of hydrogen-bond acceptors (Lipinski definition) is 3. The maximum atomic E-state index is 4.09. The second kappa shape index (κ2) is 14.4. The fourth-order valence-corrected chi connectivity index (χ4v) is 9.59. The lowest BCUT2D eigenvalue weighted by molar-refractivity contribution is -0.0831. The van der Waals surface area contributed by atoms with Crippen LogP contribution in [-0.4, -0.2) is 17.1 Å². The molecule has 6 atom stereocenters. The van der Waals surface area contributed by atoms with Crippen LogP contribution in [0.4, 0.5) is 5.69 Å². The third-order valence-corrected chi connectivity index (χ3v) is 12.4. The quantitative estimate of drug-likeness (QED) is 0.177. The van der Waals surface area contributed by atoms with Crippen molar-refractivity contribution in [3.63, 3.8) is 0 Å². The summed E-state index contributed by atoms with van der Waals surface area (Å²) < 4.78 is 0. The SMILES string of the molecule is C1=CCC(N2C(c3cccc(C4C=c5ccc6c(c5=CC4)C(c4ccccc4)=CC(c4ccccc4)N6)c3)NC2C2CC=C(c3ccccc3)CC2)C=C1. The zero-order valence-corrected chi connectivity index (χ0v) is 30.7. The van der Waals surface area contributed by atoms with Gasteiger partial charge in [-0.25, -0.2) is 0 Å². The zero-order valence-electron chi connectivity index (χ0n) is 30.7. The Kier molecular flexibility index (Phi) is 8.83. The van der Waals surface area contributed by atoms with E-state index in [9.17, 15) is 0 Å². The molecule has 2 N–H and O–H groups in total. The molecule has 1 saturated heterocycles. The number of nitrogens with zero attached hydrogens (tertiary/aromatic N) is 1. The minimum atomic E-state index is 0.121. The molecule has 2 aliphatic heterocycles. The molecular formula is C51H47N3. The van der Waals surface area contributed by atoms with E-state index in [0.717, 1.165) is 25.7 Å². The molecule has 2 heterocycles. The molecule has 5 aromatic rings. The highest BCUT2D eigenvalue weighted by Crippen LogP contribution is 2.43. The Morgan fingerprint density at radius 1 is 0.630 bits per heavy atom. The maximum absolute atomic E-state index is 4.09. The minimum absolute atomic E-state index is 0.121. The average Bonchev–Trinajstić information content (AvgIpc) is 3.24. The Labute approximate surface area is 319 Å². The van der Waals surface area contributed by atoms with Gasteiger partial charge in [-0.05, 0) is 99.6 Å². The number of rotatable bonds is 7. The van der Waals surface area contributed by atoms with E-state index in [2.05, 4.69) is 192 Å². The summed E-state index contributed by atoms with van der Waals surface area (Å²) in [5.74, 6) is 0.933. The van der Waals surface area contributed by atoms with Gasteiger partial charge in [0.05, 0.1) is 18.4 Å². The van der Waals surface area contributed by atoms with Crippen molar-refractivity contribution in [2.45, 2.75) is 62.4 Å². The summed E-state index contributed by atoms with van der Waals surface area (Å²) in [6.45, 7) is 0. The first-order chi connectivity index (χ1) is 26.8. The number of benzene rings is 5. The Hall–Kier alpha value is -5.48. The molecule has 0 amide bonds. The van der Waals surface area contributed by atoms with Gasteiger partial charge in [0.2, 0.25) is 0 Å². The molecule has 5 aromatic carbocycles. The van der Waals surface area contributed by atoms with Crippen molar-refractivity contribution in [1.29, 1.82) is 0 Å². The van der Waals surface area contributed by atoms with Crippen LogP contribution in [0.25, 0.3) is 23.3 Å². The third kappa shape index (κ3) is 6.22. The molecule has 3 nitrogen and oxygen atoms in total. The molecule has 3 aliphatic carbocycles.